The highest BCUT2D eigenvalue weighted by Crippen LogP contribution is 2.26. The predicted molar refractivity (Wildman–Crippen MR) is 124 cm³/mol. The van der Waals surface area contributed by atoms with Crippen LogP contribution in [0.1, 0.15) is 126 Å². The molecule has 0 aromatic carbocycles. The summed E-state index contributed by atoms with van der Waals surface area (Å²) in [5.74, 6) is -0.501. The second-order valence-corrected chi connectivity index (χ2v) is 9.53. The molecular formula is C25H53NO2. The first-order valence-electron chi connectivity index (χ1n) is 12.3. The van der Waals surface area contributed by atoms with Crippen LogP contribution in [0.5, 0.6) is 0 Å². The molecule has 0 radical (unpaired) electrons. The minimum atomic E-state index is -0.501. The van der Waals surface area contributed by atoms with Gasteiger partial charge in [0, 0.05) is 6.61 Å². The summed E-state index contributed by atoms with van der Waals surface area (Å²) in [5, 5.41) is 0. The van der Waals surface area contributed by atoms with Crippen LogP contribution in [-0.2, 0) is 9.47 Å². The number of hydrogen-bond donors (Lipinski definition) is 0. The van der Waals surface area contributed by atoms with E-state index in [-0.39, 0.29) is 5.60 Å². The van der Waals surface area contributed by atoms with Gasteiger partial charge in [-0.15, -0.1) is 0 Å². The Labute approximate surface area is 177 Å². The van der Waals surface area contributed by atoms with Gasteiger partial charge >= 0.3 is 0 Å². The highest BCUT2D eigenvalue weighted by Gasteiger charge is 2.29. The number of nitrogens with zero attached hydrogens (tertiary/aromatic N) is 1. The van der Waals surface area contributed by atoms with Crippen molar-refractivity contribution in [1.82, 2.24) is 4.90 Å². The number of unbranched alkanes of at least 4 members (excludes halogenated alkanes) is 7. The maximum atomic E-state index is 6.34. The summed E-state index contributed by atoms with van der Waals surface area (Å²) in [6, 6.07) is 0. The van der Waals surface area contributed by atoms with E-state index in [2.05, 4.69) is 53.4 Å². The van der Waals surface area contributed by atoms with Crippen LogP contribution in [0.2, 0.25) is 0 Å². The van der Waals surface area contributed by atoms with Gasteiger partial charge in [-0.2, -0.15) is 0 Å². The molecule has 0 atom stereocenters. The fourth-order valence-electron chi connectivity index (χ4n) is 3.80. The van der Waals surface area contributed by atoms with Crippen LogP contribution >= 0.6 is 0 Å². The van der Waals surface area contributed by atoms with Gasteiger partial charge in [0.25, 0.3) is 0 Å². The van der Waals surface area contributed by atoms with Crippen molar-refractivity contribution in [3.05, 3.63) is 0 Å². The molecule has 0 bridgehead atoms. The molecule has 0 saturated carbocycles. The zero-order chi connectivity index (χ0) is 21.3. The van der Waals surface area contributed by atoms with E-state index in [1.807, 2.05) is 0 Å². The van der Waals surface area contributed by atoms with E-state index < -0.39 is 5.79 Å². The molecule has 0 aromatic rings. The molecule has 0 aliphatic heterocycles. The Morgan fingerprint density at radius 3 is 1.61 bits per heavy atom. The van der Waals surface area contributed by atoms with Crippen molar-refractivity contribution >= 4 is 0 Å². The van der Waals surface area contributed by atoms with Crippen molar-refractivity contribution in [3.63, 3.8) is 0 Å². The van der Waals surface area contributed by atoms with Crippen molar-refractivity contribution in [1.29, 1.82) is 0 Å². The Morgan fingerprint density at radius 1 is 0.607 bits per heavy atom. The molecule has 0 saturated heterocycles. The van der Waals surface area contributed by atoms with E-state index in [1.165, 1.54) is 77.4 Å². The van der Waals surface area contributed by atoms with Crippen LogP contribution in [0.25, 0.3) is 0 Å². The average molecular weight is 400 g/mol. The standard InChI is InChI=1S/C25H53NO2/c1-8-11-14-16-20-26(21-17-15-12-9-2)22-18-19-24(4,5)28-25(6,7)27-23-13-10-3/h8-23H2,1-7H3. The summed E-state index contributed by atoms with van der Waals surface area (Å²) in [6.07, 6.45) is 15.3. The zero-order valence-electron chi connectivity index (χ0n) is 20.6. The van der Waals surface area contributed by atoms with E-state index in [0.29, 0.717) is 0 Å². The van der Waals surface area contributed by atoms with E-state index >= 15 is 0 Å². The van der Waals surface area contributed by atoms with Crippen LogP contribution in [-0.4, -0.2) is 42.5 Å². The molecule has 0 unspecified atom stereocenters. The smallest absolute Gasteiger partial charge is 0.163 e. The van der Waals surface area contributed by atoms with E-state index in [4.69, 9.17) is 9.47 Å². The Balaban J connectivity index is 4.31. The molecule has 0 aliphatic carbocycles. The van der Waals surface area contributed by atoms with Gasteiger partial charge in [-0.05, 0) is 79.4 Å². The monoisotopic (exact) mass is 399 g/mol. The highest BCUT2D eigenvalue weighted by atomic mass is 16.7. The quantitative estimate of drug-likeness (QED) is 0.155. The van der Waals surface area contributed by atoms with Crippen LogP contribution in [0.15, 0.2) is 0 Å². The first-order valence-corrected chi connectivity index (χ1v) is 12.3. The van der Waals surface area contributed by atoms with Gasteiger partial charge in [0.2, 0.25) is 0 Å². The number of ether oxygens (including phenoxy) is 2. The van der Waals surface area contributed by atoms with Gasteiger partial charge in [-0.3, -0.25) is 0 Å². The minimum Gasteiger partial charge on any atom is -0.351 e. The topological polar surface area (TPSA) is 21.7 Å². The lowest BCUT2D eigenvalue weighted by molar-refractivity contribution is -0.263. The molecule has 0 heterocycles. The van der Waals surface area contributed by atoms with Gasteiger partial charge < -0.3 is 14.4 Å². The van der Waals surface area contributed by atoms with Gasteiger partial charge in [0.05, 0.1) is 5.60 Å². The molecule has 0 fully saturated rings. The van der Waals surface area contributed by atoms with Crippen molar-refractivity contribution in [2.24, 2.45) is 0 Å². The summed E-state index contributed by atoms with van der Waals surface area (Å²) in [4.78, 5) is 2.70. The first-order chi connectivity index (χ1) is 13.3. The molecule has 0 N–H and O–H groups in total. The molecule has 28 heavy (non-hydrogen) atoms. The largest absolute Gasteiger partial charge is 0.351 e. The van der Waals surface area contributed by atoms with Crippen LogP contribution < -0.4 is 0 Å². The molecule has 0 aliphatic rings. The predicted octanol–water partition coefficient (Wildman–Crippen LogP) is 7.58. The lowest BCUT2D eigenvalue weighted by Crippen LogP contribution is -2.40. The highest BCUT2D eigenvalue weighted by molar-refractivity contribution is 4.74. The lowest BCUT2D eigenvalue weighted by atomic mass is 10.0. The third-order valence-electron chi connectivity index (χ3n) is 5.38. The third kappa shape index (κ3) is 16.8. The molecule has 170 valence electrons. The summed E-state index contributed by atoms with van der Waals surface area (Å²) < 4.78 is 12.3. The van der Waals surface area contributed by atoms with Crippen molar-refractivity contribution in [3.8, 4) is 0 Å². The molecule has 3 nitrogen and oxygen atoms in total. The SMILES string of the molecule is CCCCCCN(CCCCCC)CCCC(C)(C)OC(C)(C)OCCCC. The Hall–Kier alpha value is -0.120. The number of rotatable bonds is 20. The fraction of sp³-hybridized carbons (Fsp3) is 1.00. The lowest BCUT2D eigenvalue weighted by Gasteiger charge is -2.36. The maximum absolute atomic E-state index is 6.34. The summed E-state index contributed by atoms with van der Waals surface area (Å²) >= 11 is 0. The van der Waals surface area contributed by atoms with Gasteiger partial charge in [-0.25, -0.2) is 0 Å². The fourth-order valence-corrected chi connectivity index (χ4v) is 3.80. The summed E-state index contributed by atoms with van der Waals surface area (Å²) in [6.45, 7) is 19.8. The Bertz CT molecular complexity index is 329. The van der Waals surface area contributed by atoms with Crippen LogP contribution in [0, 0.1) is 0 Å². The second-order valence-electron chi connectivity index (χ2n) is 9.53. The molecule has 0 aromatic heterocycles. The summed E-state index contributed by atoms with van der Waals surface area (Å²) in [7, 11) is 0. The van der Waals surface area contributed by atoms with E-state index in [1.54, 1.807) is 0 Å². The molecular weight excluding hydrogens is 346 g/mol. The molecule has 0 spiro atoms. The van der Waals surface area contributed by atoms with Crippen molar-refractivity contribution < 1.29 is 9.47 Å². The van der Waals surface area contributed by atoms with Gasteiger partial charge in [0.15, 0.2) is 5.79 Å². The van der Waals surface area contributed by atoms with Crippen LogP contribution in [0.3, 0.4) is 0 Å². The van der Waals surface area contributed by atoms with E-state index in [0.717, 1.165) is 25.9 Å². The number of hydrogen-bond acceptors (Lipinski definition) is 3. The molecule has 0 amide bonds. The second kappa shape index (κ2) is 16.7. The van der Waals surface area contributed by atoms with E-state index in [9.17, 15) is 0 Å². The molecule has 3 heteroatoms. The Kier molecular flexibility index (Phi) is 16.6. The minimum absolute atomic E-state index is 0.147. The maximum Gasteiger partial charge on any atom is 0.163 e. The zero-order valence-corrected chi connectivity index (χ0v) is 20.6. The van der Waals surface area contributed by atoms with Crippen molar-refractivity contribution in [2.75, 3.05) is 26.2 Å². The van der Waals surface area contributed by atoms with Gasteiger partial charge in [0.1, 0.15) is 0 Å². The molecule has 0 rings (SSSR count). The van der Waals surface area contributed by atoms with Crippen molar-refractivity contribution in [2.45, 2.75) is 137 Å². The third-order valence-corrected chi connectivity index (χ3v) is 5.38. The average Bonchev–Trinajstić information content (AvgIpc) is 2.60. The van der Waals surface area contributed by atoms with Gasteiger partial charge in [-0.1, -0.05) is 65.7 Å². The first kappa shape index (κ1) is 27.9. The summed E-state index contributed by atoms with van der Waals surface area (Å²) in [5.41, 5.74) is -0.147. The normalized spacial score (nSPS) is 12.9. The Morgan fingerprint density at radius 2 is 1.11 bits per heavy atom. The van der Waals surface area contributed by atoms with Crippen LogP contribution in [0.4, 0.5) is 0 Å².